The van der Waals surface area contributed by atoms with Gasteiger partial charge in [0.15, 0.2) is 0 Å². The summed E-state index contributed by atoms with van der Waals surface area (Å²) in [5.74, 6) is -0.991. The summed E-state index contributed by atoms with van der Waals surface area (Å²) in [5.41, 5.74) is 1.48. The molecule has 1 saturated carbocycles. The fraction of sp³-hybridized carbons (Fsp3) is 0.467. The highest BCUT2D eigenvalue weighted by molar-refractivity contribution is 5.92. The summed E-state index contributed by atoms with van der Waals surface area (Å²) in [6.07, 6.45) is 2.70. The minimum absolute atomic E-state index is 0.0759. The van der Waals surface area contributed by atoms with Crippen molar-refractivity contribution in [1.29, 1.82) is 0 Å². The maximum Gasteiger partial charge on any atom is 0.335 e. The third-order valence-corrected chi connectivity index (χ3v) is 3.75. The van der Waals surface area contributed by atoms with E-state index in [0.29, 0.717) is 24.1 Å². The molecule has 4 N–H and O–H groups in total. The van der Waals surface area contributed by atoms with Gasteiger partial charge in [-0.2, -0.15) is 0 Å². The van der Waals surface area contributed by atoms with Crippen LogP contribution >= 0.6 is 0 Å². The molecule has 2 amide bonds. The van der Waals surface area contributed by atoms with Crippen LogP contribution in [-0.4, -0.2) is 34.4 Å². The number of carboxylic acid groups (broad SMARTS) is 1. The number of benzene rings is 1. The van der Waals surface area contributed by atoms with Crippen LogP contribution in [0.25, 0.3) is 0 Å². The number of rotatable bonds is 3. The van der Waals surface area contributed by atoms with Gasteiger partial charge in [-0.15, -0.1) is 0 Å². The summed E-state index contributed by atoms with van der Waals surface area (Å²) >= 11 is 0. The summed E-state index contributed by atoms with van der Waals surface area (Å²) in [6, 6.07) is 4.34. The molecule has 21 heavy (non-hydrogen) atoms. The number of aliphatic hydroxyl groups is 1. The van der Waals surface area contributed by atoms with Gasteiger partial charge in [0.1, 0.15) is 0 Å². The van der Waals surface area contributed by atoms with Crippen LogP contribution in [-0.2, 0) is 0 Å². The van der Waals surface area contributed by atoms with Gasteiger partial charge in [0, 0.05) is 11.7 Å². The summed E-state index contributed by atoms with van der Waals surface area (Å²) in [4.78, 5) is 22.8. The van der Waals surface area contributed by atoms with Crippen LogP contribution in [0.4, 0.5) is 10.5 Å². The van der Waals surface area contributed by atoms with Crippen molar-refractivity contribution < 1.29 is 19.8 Å². The van der Waals surface area contributed by atoms with Gasteiger partial charge < -0.3 is 20.8 Å². The van der Waals surface area contributed by atoms with Gasteiger partial charge in [0.2, 0.25) is 0 Å². The fourth-order valence-corrected chi connectivity index (χ4v) is 2.50. The molecule has 1 aliphatic rings. The predicted octanol–water partition coefficient (Wildman–Crippen LogP) is 2.12. The molecule has 1 aromatic rings. The van der Waals surface area contributed by atoms with E-state index in [9.17, 15) is 14.7 Å². The monoisotopic (exact) mass is 292 g/mol. The molecule has 0 heterocycles. The van der Waals surface area contributed by atoms with Crippen LogP contribution in [0.1, 0.15) is 41.6 Å². The third kappa shape index (κ3) is 4.19. The maximum atomic E-state index is 11.9. The van der Waals surface area contributed by atoms with Crippen molar-refractivity contribution in [3.05, 3.63) is 29.3 Å². The first-order valence-electron chi connectivity index (χ1n) is 7.05. The Morgan fingerprint density at radius 1 is 1.19 bits per heavy atom. The quantitative estimate of drug-likeness (QED) is 0.685. The van der Waals surface area contributed by atoms with Crippen LogP contribution in [0.2, 0.25) is 0 Å². The average Bonchev–Trinajstić information content (AvgIpc) is 2.43. The molecule has 6 heteroatoms. The third-order valence-electron chi connectivity index (χ3n) is 3.75. The fourth-order valence-electron chi connectivity index (χ4n) is 2.50. The second kappa shape index (κ2) is 6.58. The van der Waals surface area contributed by atoms with Gasteiger partial charge in [0.05, 0.1) is 11.7 Å². The van der Waals surface area contributed by atoms with E-state index < -0.39 is 5.97 Å². The lowest BCUT2D eigenvalue weighted by Gasteiger charge is -2.26. The first-order chi connectivity index (χ1) is 9.95. The van der Waals surface area contributed by atoms with Crippen LogP contribution in [0.3, 0.4) is 0 Å². The first kappa shape index (κ1) is 15.3. The molecule has 0 spiro atoms. The Balaban J connectivity index is 1.92. The molecule has 0 aliphatic heterocycles. The van der Waals surface area contributed by atoms with Crippen molar-refractivity contribution in [2.45, 2.75) is 44.8 Å². The predicted molar refractivity (Wildman–Crippen MR) is 78.6 cm³/mol. The largest absolute Gasteiger partial charge is 0.478 e. The summed E-state index contributed by atoms with van der Waals surface area (Å²) in [6.45, 7) is 1.75. The van der Waals surface area contributed by atoms with Crippen molar-refractivity contribution in [3.63, 3.8) is 0 Å². The molecule has 0 bridgehead atoms. The van der Waals surface area contributed by atoms with E-state index in [0.717, 1.165) is 12.8 Å². The lowest BCUT2D eigenvalue weighted by molar-refractivity contribution is 0.0696. The second-order valence-corrected chi connectivity index (χ2v) is 5.44. The van der Waals surface area contributed by atoms with E-state index in [4.69, 9.17) is 5.11 Å². The molecule has 0 unspecified atom stereocenters. The number of aryl methyl sites for hydroxylation is 1. The lowest BCUT2D eigenvalue weighted by atomic mass is 9.93. The number of hydrogen-bond acceptors (Lipinski definition) is 3. The number of aromatic carboxylic acids is 1. The average molecular weight is 292 g/mol. The highest BCUT2D eigenvalue weighted by Crippen LogP contribution is 2.19. The molecule has 0 atom stereocenters. The summed E-state index contributed by atoms with van der Waals surface area (Å²) in [7, 11) is 0. The van der Waals surface area contributed by atoms with Gasteiger partial charge in [-0.05, 0) is 56.4 Å². The van der Waals surface area contributed by atoms with E-state index in [-0.39, 0.29) is 23.7 Å². The Hall–Kier alpha value is -2.08. The second-order valence-electron chi connectivity index (χ2n) is 5.44. The molecule has 1 fully saturated rings. The highest BCUT2D eigenvalue weighted by Gasteiger charge is 2.20. The number of aliphatic hydroxyl groups excluding tert-OH is 1. The highest BCUT2D eigenvalue weighted by atomic mass is 16.4. The zero-order valence-corrected chi connectivity index (χ0v) is 11.9. The number of carbonyl (C=O) groups excluding carboxylic acids is 1. The molecule has 1 aromatic carbocycles. The van der Waals surface area contributed by atoms with E-state index in [1.807, 2.05) is 0 Å². The van der Waals surface area contributed by atoms with Crippen molar-refractivity contribution in [2.24, 2.45) is 0 Å². The normalized spacial score (nSPS) is 21.6. The number of anilines is 1. The smallest absolute Gasteiger partial charge is 0.335 e. The van der Waals surface area contributed by atoms with E-state index >= 15 is 0 Å². The molecular formula is C15H20N2O4. The molecule has 0 radical (unpaired) electrons. The number of hydrogen-bond donors (Lipinski definition) is 4. The number of carboxylic acids is 1. The van der Waals surface area contributed by atoms with Crippen LogP contribution in [0.5, 0.6) is 0 Å². The van der Waals surface area contributed by atoms with Crippen LogP contribution in [0.15, 0.2) is 18.2 Å². The van der Waals surface area contributed by atoms with Gasteiger partial charge in [-0.1, -0.05) is 0 Å². The molecule has 0 saturated heterocycles. The molecule has 1 aliphatic carbocycles. The molecule has 114 valence electrons. The Kier molecular flexibility index (Phi) is 4.80. The van der Waals surface area contributed by atoms with E-state index in [1.54, 1.807) is 13.0 Å². The van der Waals surface area contributed by atoms with Gasteiger partial charge in [-0.25, -0.2) is 9.59 Å². The zero-order valence-electron chi connectivity index (χ0n) is 11.9. The number of urea groups is 1. The number of carbonyl (C=O) groups is 2. The van der Waals surface area contributed by atoms with Crippen molar-refractivity contribution >= 4 is 17.7 Å². The topological polar surface area (TPSA) is 98.7 Å². The van der Waals surface area contributed by atoms with E-state index in [2.05, 4.69) is 10.6 Å². The summed E-state index contributed by atoms with van der Waals surface area (Å²) < 4.78 is 0. The van der Waals surface area contributed by atoms with Crippen molar-refractivity contribution in [1.82, 2.24) is 5.32 Å². The van der Waals surface area contributed by atoms with E-state index in [1.165, 1.54) is 12.1 Å². The summed E-state index contributed by atoms with van der Waals surface area (Å²) in [5, 5.41) is 23.9. The number of amides is 2. The first-order valence-corrected chi connectivity index (χ1v) is 7.05. The Morgan fingerprint density at radius 3 is 2.43 bits per heavy atom. The van der Waals surface area contributed by atoms with Gasteiger partial charge in [0.25, 0.3) is 0 Å². The lowest BCUT2D eigenvalue weighted by Crippen LogP contribution is -2.41. The standard InChI is InChI=1S/C15H20N2O4/c1-9-8-10(14(19)20)2-7-13(9)17-15(21)16-11-3-5-12(18)6-4-11/h2,7-8,11-12,18H,3-6H2,1H3,(H,19,20)(H2,16,17,21). The SMILES string of the molecule is Cc1cc(C(=O)O)ccc1NC(=O)NC1CCC(O)CC1. The minimum Gasteiger partial charge on any atom is -0.478 e. The minimum atomic E-state index is -0.991. The van der Waals surface area contributed by atoms with Gasteiger partial charge >= 0.3 is 12.0 Å². The van der Waals surface area contributed by atoms with Gasteiger partial charge in [-0.3, -0.25) is 0 Å². The molecular weight excluding hydrogens is 272 g/mol. The Labute approximate surface area is 123 Å². The molecule has 0 aromatic heterocycles. The molecule has 2 rings (SSSR count). The molecule has 6 nitrogen and oxygen atoms in total. The zero-order chi connectivity index (χ0) is 15.4. The Bertz CT molecular complexity index is 536. The maximum absolute atomic E-state index is 11.9. The van der Waals surface area contributed by atoms with Crippen LogP contribution < -0.4 is 10.6 Å². The Morgan fingerprint density at radius 2 is 1.86 bits per heavy atom. The van der Waals surface area contributed by atoms with Crippen LogP contribution in [0, 0.1) is 6.92 Å². The van der Waals surface area contributed by atoms with Crippen molar-refractivity contribution in [2.75, 3.05) is 5.32 Å². The van der Waals surface area contributed by atoms with Crippen molar-refractivity contribution in [3.8, 4) is 0 Å². The number of nitrogens with one attached hydrogen (secondary N) is 2.